The first-order valence-electron chi connectivity index (χ1n) is 8.14. The van der Waals surface area contributed by atoms with Gasteiger partial charge in [-0.15, -0.1) is 0 Å². The fraction of sp³-hybridized carbons (Fsp3) is 0.100. The summed E-state index contributed by atoms with van der Waals surface area (Å²) in [6.07, 6.45) is 1.24. The third-order valence-electron chi connectivity index (χ3n) is 4.03. The third kappa shape index (κ3) is 3.61. The zero-order valence-electron chi connectivity index (χ0n) is 13.5. The molecule has 0 radical (unpaired) electrons. The number of aromatic amines is 1. The molecule has 4 nitrogen and oxygen atoms in total. The van der Waals surface area contributed by atoms with Crippen molar-refractivity contribution in [2.24, 2.45) is 0 Å². The summed E-state index contributed by atoms with van der Waals surface area (Å²) in [6.45, 7) is 0. The summed E-state index contributed by atoms with van der Waals surface area (Å²) < 4.78 is 0. The minimum absolute atomic E-state index is 0.0213. The molecular formula is C20H17N3OS. The largest absolute Gasteiger partial charge is 0.338 e. The lowest BCUT2D eigenvalue weighted by molar-refractivity contribution is -0.116. The Kier molecular flexibility index (Phi) is 4.31. The lowest BCUT2D eigenvalue weighted by Crippen LogP contribution is -2.12. The number of nitrogens with one attached hydrogen (secondary N) is 2. The van der Waals surface area contributed by atoms with Gasteiger partial charge < -0.3 is 10.3 Å². The van der Waals surface area contributed by atoms with Gasteiger partial charge in [-0.2, -0.15) is 11.3 Å². The van der Waals surface area contributed by atoms with E-state index in [1.807, 2.05) is 53.9 Å². The summed E-state index contributed by atoms with van der Waals surface area (Å²) in [5.74, 6) is 0.823. The summed E-state index contributed by atoms with van der Waals surface area (Å²) in [6, 6.07) is 17.7. The molecule has 0 aliphatic heterocycles. The second-order valence-corrected chi connectivity index (χ2v) is 6.64. The van der Waals surface area contributed by atoms with E-state index in [1.165, 1.54) is 5.56 Å². The predicted octanol–water partition coefficient (Wildman–Crippen LogP) is 4.86. The van der Waals surface area contributed by atoms with E-state index >= 15 is 0 Å². The maximum Gasteiger partial charge on any atom is 0.224 e. The van der Waals surface area contributed by atoms with Crippen LogP contribution < -0.4 is 5.32 Å². The molecule has 2 heterocycles. The number of carbonyl (C=O) groups excluding carboxylic acids is 1. The molecule has 1 amide bonds. The van der Waals surface area contributed by atoms with Crippen molar-refractivity contribution in [2.75, 3.05) is 5.32 Å². The minimum atomic E-state index is 0.0213. The zero-order chi connectivity index (χ0) is 17.1. The SMILES string of the molecule is O=C(CCc1ccsc1)Nc1cccc(-c2nc3ccccc3[nH]2)c1. The summed E-state index contributed by atoms with van der Waals surface area (Å²) >= 11 is 1.65. The van der Waals surface area contributed by atoms with Gasteiger partial charge >= 0.3 is 0 Å². The van der Waals surface area contributed by atoms with Crippen molar-refractivity contribution in [1.29, 1.82) is 0 Å². The third-order valence-corrected chi connectivity index (χ3v) is 4.76. The molecule has 2 aromatic heterocycles. The molecule has 5 heteroatoms. The molecule has 0 spiro atoms. The quantitative estimate of drug-likeness (QED) is 0.541. The topological polar surface area (TPSA) is 57.8 Å². The van der Waals surface area contributed by atoms with Crippen molar-refractivity contribution < 1.29 is 4.79 Å². The van der Waals surface area contributed by atoms with Crippen LogP contribution in [0.15, 0.2) is 65.4 Å². The number of fused-ring (bicyclic) bond motifs is 1. The molecule has 0 saturated carbocycles. The molecule has 2 N–H and O–H groups in total. The lowest BCUT2D eigenvalue weighted by Gasteiger charge is -2.06. The number of aryl methyl sites for hydroxylation is 1. The molecule has 4 rings (SSSR count). The molecule has 0 saturated heterocycles. The molecule has 2 aromatic carbocycles. The summed E-state index contributed by atoms with van der Waals surface area (Å²) in [4.78, 5) is 20.1. The molecule has 0 fully saturated rings. The van der Waals surface area contributed by atoms with Crippen LogP contribution in [-0.4, -0.2) is 15.9 Å². The Labute approximate surface area is 149 Å². The van der Waals surface area contributed by atoms with Crippen LogP contribution in [0.2, 0.25) is 0 Å². The number of nitrogens with zero attached hydrogens (tertiary/aromatic N) is 1. The Bertz CT molecular complexity index is 972. The summed E-state index contributed by atoms with van der Waals surface area (Å²) in [7, 11) is 0. The number of rotatable bonds is 5. The highest BCUT2D eigenvalue weighted by Crippen LogP contribution is 2.23. The molecule has 0 bridgehead atoms. The minimum Gasteiger partial charge on any atom is -0.338 e. The fourth-order valence-corrected chi connectivity index (χ4v) is 3.45. The number of H-pyrrole nitrogens is 1. The van der Waals surface area contributed by atoms with Crippen LogP contribution in [0.1, 0.15) is 12.0 Å². The van der Waals surface area contributed by atoms with E-state index in [9.17, 15) is 4.79 Å². The Morgan fingerprint density at radius 1 is 1.12 bits per heavy atom. The van der Waals surface area contributed by atoms with Gasteiger partial charge in [-0.05, 0) is 53.1 Å². The average molecular weight is 347 g/mol. The van der Waals surface area contributed by atoms with Crippen molar-refractivity contribution in [1.82, 2.24) is 9.97 Å². The van der Waals surface area contributed by atoms with E-state index in [2.05, 4.69) is 26.7 Å². The van der Waals surface area contributed by atoms with E-state index in [0.29, 0.717) is 6.42 Å². The first-order chi connectivity index (χ1) is 12.3. The smallest absolute Gasteiger partial charge is 0.224 e. The summed E-state index contributed by atoms with van der Waals surface area (Å²) in [5, 5.41) is 7.08. The van der Waals surface area contributed by atoms with Gasteiger partial charge in [-0.1, -0.05) is 24.3 Å². The highest BCUT2D eigenvalue weighted by atomic mass is 32.1. The number of hydrogen-bond acceptors (Lipinski definition) is 3. The van der Waals surface area contributed by atoms with Gasteiger partial charge in [-0.3, -0.25) is 4.79 Å². The number of para-hydroxylation sites is 2. The van der Waals surface area contributed by atoms with Crippen LogP contribution >= 0.6 is 11.3 Å². The number of anilines is 1. The maximum absolute atomic E-state index is 12.2. The standard InChI is InChI=1S/C20H17N3OS/c24-19(9-8-14-10-11-25-13-14)21-16-5-3-4-15(12-16)20-22-17-6-1-2-7-18(17)23-20/h1-7,10-13H,8-9H2,(H,21,24)(H,22,23). The monoisotopic (exact) mass is 347 g/mol. The number of amides is 1. The first-order valence-corrected chi connectivity index (χ1v) is 9.08. The Hall–Kier alpha value is -2.92. The van der Waals surface area contributed by atoms with Gasteiger partial charge in [0.1, 0.15) is 5.82 Å². The molecule has 0 unspecified atom stereocenters. The van der Waals surface area contributed by atoms with Crippen molar-refractivity contribution in [3.63, 3.8) is 0 Å². The van der Waals surface area contributed by atoms with Gasteiger partial charge in [0.15, 0.2) is 0 Å². The number of carbonyl (C=O) groups is 1. The molecular weight excluding hydrogens is 330 g/mol. The first kappa shape index (κ1) is 15.6. The van der Waals surface area contributed by atoms with Crippen molar-refractivity contribution in [3.8, 4) is 11.4 Å². The second kappa shape index (κ2) is 6.91. The number of imidazole rings is 1. The van der Waals surface area contributed by atoms with Gasteiger partial charge in [0, 0.05) is 17.7 Å². The molecule has 124 valence electrons. The Balaban J connectivity index is 1.48. The molecule has 0 atom stereocenters. The fourth-order valence-electron chi connectivity index (χ4n) is 2.75. The van der Waals surface area contributed by atoms with Crippen LogP contribution in [0.4, 0.5) is 5.69 Å². The molecule has 0 aliphatic rings. The van der Waals surface area contributed by atoms with E-state index in [-0.39, 0.29) is 5.91 Å². The van der Waals surface area contributed by atoms with Gasteiger partial charge in [0.25, 0.3) is 0 Å². The van der Waals surface area contributed by atoms with Crippen LogP contribution in [0.25, 0.3) is 22.4 Å². The van der Waals surface area contributed by atoms with Crippen molar-refractivity contribution in [3.05, 3.63) is 70.9 Å². The van der Waals surface area contributed by atoms with E-state index in [4.69, 9.17) is 0 Å². The predicted molar refractivity (Wildman–Crippen MR) is 103 cm³/mol. The summed E-state index contributed by atoms with van der Waals surface area (Å²) in [5.41, 5.74) is 4.88. The normalized spacial score (nSPS) is 10.9. The Morgan fingerprint density at radius 3 is 2.88 bits per heavy atom. The maximum atomic E-state index is 12.2. The number of aromatic nitrogens is 2. The highest BCUT2D eigenvalue weighted by Gasteiger charge is 2.08. The van der Waals surface area contributed by atoms with Crippen LogP contribution in [-0.2, 0) is 11.2 Å². The molecule has 4 aromatic rings. The molecule has 0 aliphatic carbocycles. The number of hydrogen-bond donors (Lipinski definition) is 2. The lowest BCUT2D eigenvalue weighted by atomic mass is 10.1. The van der Waals surface area contributed by atoms with Gasteiger partial charge in [0.05, 0.1) is 11.0 Å². The Morgan fingerprint density at radius 2 is 2.04 bits per heavy atom. The van der Waals surface area contributed by atoms with Crippen LogP contribution in [0, 0.1) is 0 Å². The van der Waals surface area contributed by atoms with Crippen molar-refractivity contribution in [2.45, 2.75) is 12.8 Å². The van der Waals surface area contributed by atoms with Crippen LogP contribution in [0.3, 0.4) is 0 Å². The second-order valence-electron chi connectivity index (χ2n) is 5.86. The van der Waals surface area contributed by atoms with Crippen molar-refractivity contribution >= 4 is 34.0 Å². The van der Waals surface area contributed by atoms with Gasteiger partial charge in [-0.25, -0.2) is 4.98 Å². The average Bonchev–Trinajstić information content (AvgIpc) is 3.29. The van der Waals surface area contributed by atoms with E-state index in [0.717, 1.165) is 34.5 Å². The number of benzene rings is 2. The highest BCUT2D eigenvalue weighted by molar-refractivity contribution is 7.07. The molecule has 25 heavy (non-hydrogen) atoms. The van der Waals surface area contributed by atoms with Crippen LogP contribution in [0.5, 0.6) is 0 Å². The van der Waals surface area contributed by atoms with Gasteiger partial charge in [0.2, 0.25) is 5.91 Å². The number of thiophene rings is 1. The zero-order valence-corrected chi connectivity index (χ0v) is 14.3. The van der Waals surface area contributed by atoms with E-state index < -0.39 is 0 Å². The van der Waals surface area contributed by atoms with E-state index in [1.54, 1.807) is 11.3 Å².